The molecule has 4 heterocycles. The molecule has 3 aromatic heterocycles. The van der Waals surface area contributed by atoms with Crippen LogP contribution in [0, 0.1) is 17.8 Å². The van der Waals surface area contributed by atoms with E-state index in [0.717, 1.165) is 36.1 Å². The van der Waals surface area contributed by atoms with Gasteiger partial charge in [-0.25, -0.2) is 4.99 Å². The molecule has 8 nitrogen and oxygen atoms in total. The van der Waals surface area contributed by atoms with E-state index in [1.165, 1.54) is 11.3 Å². The molecule has 9 heteroatoms. The Morgan fingerprint density at radius 3 is 2.88 bits per heavy atom. The number of rotatable bonds is 5. The van der Waals surface area contributed by atoms with E-state index in [2.05, 4.69) is 49.0 Å². The average molecular weight is 456 g/mol. The first kappa shape index (κ1) is 21.0. The van der Waals surface area contributed by atoms with Gasteiger partial charge in [0.05, 0.1) is 28.4 Å². The van der Waals surface area contributed by atoms with Gasteiger partial charge < -0.3 is 0 Å². The number of hydrogen-bond acceptors (Lipinski definition) is 7. The molecule has 0 aromatic carbocycles. The molecule has 1 N–H and O–H groups in total. The number of allylic oxidation sites excluding steroid dienone is 2. The molecule has 33 heavy (non-hydrogen) atoms. The second-order valence-corrected chi connectivity index (χ2v) is 8.84. The van der Waals surface area contributed by atoms with Gasteiger partial charge in [0, 0.05) is 36.5 Å². The summed E-state index contributed by atoms with van der Waals surface area (Å²) in [6.07, 6.45) is 10.2. The summed E-state index contributed by atoms with van der Waals surface area (Å²) in [6, 6.07) is 1.87. The van der Waals surface area contributed by atoms with E-state index < -0.39 is 0 Å². The van der Waals surface area contributed by atoms with Gasteiger partial charge >= 0.3 is 0 Å². The van der Waals surface area contributed by atoms with E-state index in [0.29, 0.717) is 38.7 Å². The maximum Gasteiger partial charge on any atom is 0.259 e. The molecule has 1 amide bonds. The van der Waals surface area contributed by atoms with Crippen molar-refractivity contribution in [1.82, 2.24) is 25.0 Å². The molecule has 1 fully saturated rings. The standard InChI is InChI=1S/C24H21N7OS/c1-4-19-18(13-31(3)30-19)16-11-21(20-9-5-14(2)26-20)25-12-17(16)23(32)27-24-29-28-22(33-24)10-8-15-6-7-15/h5,9,11-13,15H,2,4,6-7H2,1,3H3,(H,27,29,32). The van der Waals surface area contributed by atoms with Crippen LogP contribution in [0.5, 0.6) is 0 Å². The van der Waals surface area contributed by atoms with Crippen molar-refractivity contribution in [2.45, 2.75) is 26.2 Å². The van der Waals surface area contributed by atoms with Gasteiger partial charge in [0.15, 0.2) is 5.01 Å². The van der Waals surface area contributed by atoms with E-state index in [1.54, 1.807) is 10.9 Å². The summed E-state index contributed by atoms with van der Waals surface area (Å²) < 4.78 is 1.75. The fraction of sp³-hybridized carbons (Fsp3) is 0.250. The summed E-state index contributed by atoms with van der Waals surface area (Å²) in [4.78, 5) is 22.2. The molecule has 3 aromatic rings. The predicted molar refractivity (Wildman–Crippen MR) is 128 cm³/mol. The third-order valence-corrected chi connectivity index (χ3v) is 6.00. The smallest absolute Gasteiger partial charge is 0.259 e. The van der Waals surface area contributed by atoms with Gasteiger partial charge in [-0.3, -0.25) is 19.8 Å². The minimum Gasteiger partial charge on any atom is -0.296 e. The highest BCUT2D eigenvalue weighted by Crippen LogP contribution is 2.30. The van der Waals surface area contributed by atoms with Crippen LogP contribution in [-0.2, 0) is 13.5 Å². The minimum atomic E-state index is -0.318. The van der Waals surface area contributed by atoms with Crippen molar-refractivity contribution < 1.29 is 4.79 Å². The van der Waals surface area contributed by atoms with Crippen LogP contribution in [0.25, 0.3) is 11.1 Å². The molecule has 0 saturated heterocycles. The third-order valence-electron chi connectivity index (χ3n) is 5.25. The quantitative estimate of drug-likeness (QED) is 0.591. The Morgan fingerprint density at radius 1 is 1.30 bits per heavy atom. The average Bonchev–Trinajstić information content (AvgIpc) is 3.16. The highest BCUT2D eigenvalue weighted by Gasteiger charge is 2.22. The van der Waals surface area contributed by atoms with Crippen LogP contribution in [0.4, 0.5) is 5.13 Å². The SMILES string of the molecule is C=C1C=CC(c2cc(-c3cn(C)nc3CC)c(C(=O)Nc3nnc(C#CC4CC4)s3)cn2)=N1. The Labute approximate surface area is 195 Å². The van der Waals surface area contributed by atoms with Crippen LogP contribution in [0.1, 0.15) is 46.5 Å². The lowest BCUT2D eigenvalue weighted by atomic mass is 9.98. The number of aliphatic imine (C=N–C) groups is 1. The highest BCUT2D eigenvalue weighted by molar-refractivity contribution is 7.15. The first-order valence-electron chi connectivity index (χ1n) is 10.7. The molecule has 1 saturated carbocycles. The van der Waals surface area contributed by atoms with E-state index in [4.69, 9.17) is 0 Å². The topological polar surface area (TPSA) is 98.0 Å². The summed E-state index contributed by atoms with van der Waals surface area (Å²) >= 11 is 1.26. The second kappa shape index (κ2) is 8.56. The molecule has 1 aliphatic heterocycles. The van der Waals surface area contributed by atoms with Crippen LogP contribution in [0.2, 0.25) is 0 Å². The van der Waals surface area contributed by atoms with Crippen LogP contribution in [0.15, 0.2) is 47.9 Å². The molecule has 164 valence electrons. The van der Waals surface area contributed by atoms with E-state index in [-0.39, 0.29) is 5.91 Å². The first-order chi connectivity index (χ1) is 16.0. The molecule has 1 aliphatic carbocycles. The minimum absolute atomic E-state index is 0.318. The molecular weight excluding hydrogens is 434 g/mol. The Morgan fingerprint density at radius 2 is 2.15 bits per heavy atom. The predicted octanol–water partition coefficient (Wildman–Crippen LogP) is 3.78. The zero-order valence-electron chi connectivity index (χ0n) is 18.3. The number of anilines is 1. The molecule has 0 spiro atoms. The Hall–Kier alpha value is -3.90. The Kier molecular flexibility index (Phi) is 5.44. The lowest BCUT2D eigenvalue weighted by Gasteiger charge is -2.10. The van der Waals surface area contributed by atoms with Gasteiger partial charge in [0.25, 0.3) is 5.91 Å². The van der Waals surface area contributed by atoms with Crippen molar-refractivity contribution in [2.75, 3.05) is 5.32 Å². The van der Waals surface area contributed by atoms with Crippen LogP contribution < -0.4 is 5.32 Å². The van der Waals surface area contributed by atoms with E-state index in [1.807, 2.05) is 38.4 Å². The van der Waals surface area contributed by atoms with Gasteiger partial charge in [-0.05, 0) is 43.4 Å². The molecule has 0 radical (unpaired) electrons. The molecule has 5 rings (SSSR count). The van der Waals surface area contributed by atoms with Crippen molar-refractivity contribution in [2.24, 2.45) is 18.0 Å². The van der Waals surface area contributed by atoms with E-state index in [9.17, 15) is 4.79 Å². The van der Waals surface area contributed by atoms with Gasteiger partial charge in [0.2, 0.25) is 5.13 Å². The number of aromatic nitrogens is 5. The molecular formula is C24H21N7OS. The maximum atomic E-state index is 13.3. The maximum absolute atomic E-state index is 13.3. The van der Waals surface area contributed by atoms with Gasteiger partial charge in [-0.15, -0.1) is 10.2 Å². The molecule has 2 aliphatic rings. The largest absolute Gasteiger partial charge is 0.296 e. The van der Waals surface area contributed by atoms with Gasteiger partial charge in [-0.1, -0.05) is 30.8 Å². The summed E-state index contributed by atoms with van der Waals surface area (Å²) in [7, 11) is 1.86. The number of amides is 1. The first-order valence-corrected chi connectivity index (χ1v) is 11.5. The number of nitrogens with zero attached hydrogens (tertiary/aromatic N) is 6. The van der Waals surface area contributed by atoms with Crippen molar-refractivity contribution in [3.05, 3.63) is 64.8 Å². The lowest BCUT2D eigenvalue weighted by molar-refractivity contribution is 0.102. The monoisotopic (exact) mass is 455 g/mol. The van der Waals surface area contributed by atoms with Crippen molar-refractivity contribution in [3.63, 3.8) is 0 Å². The van der Waals surface area contributed by atoms with Gasteiger partial charge in [0.1, 0.15) is 0 Å². The van der Waals surface area contributed by atoms with Crippen molar-refractivity contribution >= 4 is 28.1 Å². The van der Waals surface area contributed by atoms with Crippen molar-refractivity contribution in [1.29, 1.82) is 0 Å². The lowest BCUT2D eigenvalue weighted by Crippen LogP contribution is -2.15. The summed E-state index contributed by atoms with van der Waals surface area (Å²) in [5, 5.41) is 16.5. The summed E-state index contributed by atoms with van der Waals surface area (Å²) in [5.41, 5.74) is 4.96. The summed E-state index contributed by atoms with van der Waals surface area (Å²) in [6.45, 7) is 5.90. The van der Waals surface area contributed by atoms with Crippen LogP contribution in [0.3, 0.4) is 0 Å². The van der Waals surface area contributed by atoms with Crippen LogP contribution >= 0.6 is 11.3 Å². The van der Waals surface area contributed by atoms with Crippen LogP contribution in [-0.4, -0.2) is 36.6 Å². The fourth-order valence-corrected chi connectivity index (χ4v) is 4.05. The van der Waals surface area contributed by atoms with Crippen molar-refractivity contribution in [3.8, 4) is 23.0 Å². The number of pyridine rings is 1. The third kappa shape index (κ3) is 4.52. The Bertz CT molecular complexity index is 1400. The molecule has 0 bridgehead atoms. The van der Waals surface area contributed by atoms with E-state index >= 15 is 0 Å². The zero-order chi connectivity index (χ0) is 22.9. The number of nitrogens with one attached hydrogen (secondary N) is 1. The number of carbonyl (C=O) groups is 1. The fourth-order valence-electron chi connectivity index (χ4n) is 3.45. The van der Waals surface area contributed by atoms with Gasteiger partial charge in [-0.2, -0.15) is 5.10 Å². The number of carbonyl (C=O) groups excluding carboxylic acids is 1. The molecule has 0 unspecified atom stereocenters. The highest BCUT2D eigenvalue weighted by atomic mass is 32.1. The normalized spacial score (nSPS) is 14.7. The Balaban J connectivity index is 1.50. The molecule has 0 atom stereocenters. The zero-order valence-corrected chi connectivity index (χ0v) is 19.1. The second-order valence-electron chi connectivity index (χ2n) is 7.86. The number of hydrogen-bond donors (Lipinski definition) is 1. The summed E-state index contributed by atoms with van der Waals surface area (Å²) in [5.74, 6) is 6.34. The number of aryl methyl sites for hydroxylation is 2.